The van der Waals surface area contributed by atoms with E-state index in [2.05, 4.69) is 41.6 Å². The monoisotopic (exact) mass is 248 g/mol. The molecular formula is C13H16N2OS. The molecule has 2 heterocycles. The molecule has 1 fully saturated rings. The normalized spacial score (nSPS) is 24.6. The first kappa shape index (κ1) is 11.0. The minimum atomic E-state index is 0.237. The summed E-state index contributed by atoms with van der Waals surface area (Å²) in [5, 5.41) is 0. The molecule has 2 aromatic rings. The van der Waals surface area contributed by atoms with Crippen LogP contribution in [-0.2, 0) is 4.74 Å². The second-order valence-corrected chi connectivity index (χ2v) is 5.14. The summed E-state index contributed by atoms with van der Waals surface area (Å²) < 4.78 is 8.66. The van der Waals surface area contributed by atoms with E-state index in [1.807, 2.05) is 0 Å². The molecule has 2 atom stereocenters. The van der Waals surface area contributed by atoms with Crippen LogP contribution in [0.2, 0.25) is 0 Å². The fourth-order valence-corrected chi connectivity index (χ4v) is 2.96. The first-order chi connectivity index (χ1) is 8.16. The van der Waals surface area contributed by atoms with Gasteiger partial charge in [-0.15, -0.1) is 0 Å². The minimum absolute atomic E-state index is 0.237. The van der Waals surface area contributed by atoms with Gasteiger partial charge in [0.05, 0.1) is 23.2 Å². The fourth-order valence-electron chi connectivity index (χ4n) is 2.62. The summed E-state index contributed by atoms with van der Waals surface area (Å²) in [6.07, 6.45) is 1.28. The average molecular weight is 248 g/mol. The van der Waals surface area contributed by atoms with Crippen molar-refractivity contribution in [3.63, 3.8) is 0 Å². The number of aromatic nitrogens is 2. The minimum Gasteiger partial charge on any atom is -0.376 e. The molecule has 0 radical (unpaired) electrons. The van der Waals surface area contributed by atoms with E-state index in [1.54, 1.807) is 0 Å². The topological polar surface area (TPSA) is 29.9 Å². The Bertz CT molecular complexity index is 613. The van der Waals surface area contributed by atoms with Crippen LogP contribution in [0, 0.1) is 11.7 Å². The van der Waals surface area contributed by atoms with E-state index < -0.39 is 0 Å². The molecule has 1 aromatic carbocycles. The average Bonchev–Trinajstić information content (AvgIpc) is 2.81. The molecule has 1 saturated heterocycles. The lowest BCUT2D eigenvalue weighted by Crippen LogP contribution is -2.16. The molecule has 3 nitrogen and oxygen atoms in total. The third-order valence-corrected chi connectivity index (χ3v) is 3.84. The van der Waals surface area contributed by atoms with Gasteiger partial charge >= 0.3 is 0 Å². The van der Waals surface area contributed by atoms with Crippen molar-refractivity contribution in [1.82, 2.24) is 9.55 Å². The van der Waals surface area contributed by atoms with Crippen molar-refractivity contribution in [2.75, 3.05) is 6.61 Å². The van der Waals surface area contributed by atoms with E-state index in [0.717, 1.165) is 23.3 Å². The second kappa shape index (κ2) is 3.96. The number of fused-ring (bicyclic) bond motifs is 1. The van der Waals surface area contributed by atoms with Gasteiger partial charge in [-0.1, -0.05) is 6.07 Å². The summed E-state index contributed by atoms with van der Waals surface area (Å²) in [4.78, 5) is 3.27. The van der Waals surface area contributed by atoms with Crippen LogP contribution >= 0.6 is 12.2 Å². The third-order valence-electron chi connectivity index (χ3n) is 3.54. The van der Waals surface area contributed by atoms with Crippen LogP contribution in [0.1, 0.15) is 24.9 Å². The predicted octanol–water partition coefficient (Wildman–Crippen LogP) is 3.36. The lowest BCUT2D eigenvalue weighted by atomic mass is 10.1. The van der Waals surface area contributed by atoms with Crippen LogP contribution in [-0.4, -0.2) is 22.3 Å². The highest BCUT2D eigenvalue weighted by atomic mass is 32.1. The summed E-state index contributed by atoms with van der Waals surface area (Å²) in [5.41, 5.74) is 3.56. The van der Waals surface area contributed by atoms with Gasteiger partial charge in [-0.2, -0.15) is 0 Å². The largest absolute Gasteiger partial charge is 0.376 e. The number of H-pyrrole nitrogens is 1. The zero-order chi connectivity index (χ0) is 12.0. The van der Waals surface area contributed by atoms with Gasteiger partial charge in [-0.3, -0.25) is 0 Å². The molecule has 3 rings (SSSR count). The number of rotatable bonds is 1. The van der Waals surface area contributed by atoms with Crippen molar-refractivity contribution in [1.29, 1.82) is 0 Å². The maximum absolute atomic E-state index is 5.64. The number of hydrogen-bond donors (Lipinski definition) is 1. The molecule has 90 valence electrons. The molecule has 0 bridgehead atoms. The number of nitrogens with zero attached hydrogens (tertiary/aromatic N) is 1. The highest BCUT2D eigenvalue weighted by Crippen LogP contribution is 2.30. The number of nitrogens with one attached hydrogen (secondary N) is 1. The molecule has 0 saturated carbocycles. The molecule has 0 amide bonds. The van der Waals surface area contributed by atoms with Crippen LogP contribution in [0.15, 0.2) is 18.2 Å². The van der Waals surface area contributed by atoms with Gasteiger partial charge in [-0.25, -0.2) is 0 Å². The molecule has 0 spiro atoms. The summed E-state index contributed by atoms with van der Waals surface area (Å²) in [7, 11) is 0. The summed E-state index contributed by atoms with van der Waals surface area (Å²) in [6, 6.07) is 6.74. The molecule has 17 heavy (non-hydrogen) atoms. The molecular weight excluding hydrogens is 232 g/mol. The Hall–Kier alpha value is -1.13. The Kier molecular flexibility index (Phi) is 2.56. The van der Waals surface area contributed by atoms with E-state index in [1.165, 1.54) is 11.1 Å². The molecule has 2 unspecified atom stereocenters. The third kappa shape index (κ3) is 1.72. The van der Waals surface area contributed by atoms with Crippen molar-refractivity contribution in [2.24, 2.45) is 0 Å². The fraction of sp³-hybridized carbons (Fsp3) is 0.462. The van der Waals surface area contributed by atoms with Crippen LogP contribution in [0.4, 0.5) is 0 Å². The number of aromatic amines is 1. The van der Waals surface area contributed by atoms with E-state index in [9.17, 15) is 0 Å². The number of imidazole rings is 1. The molecule has 1 aliphatic rings. The standard InChI is InChI=1S/C13H16N2OS/c1-8-3-4-10-12(7-8)15(13(17)14-10)11-5-6-16-9(11)2/h3-4,7,9,11H,5-6H2,1-2H3,(H,14,17). The van der Waals surface area contributed by atoms with Gasteiger partial charge in [0, 0.05) is 6.61 Å². The summed E-state index contributed by atoms with van der Waals surface area (Å²) in [5.74, 6) is 0. The van der Waals surface area contributed by atoms with E-state index in [4.69, 9.17) is 17.0 Å². The van der Waals surface area contributed by atoms with Crippen molar-refractivity contribution in [2.45, 2.75) is 32.4 Å². The first-order valence-electron chi connectivity index (χ1n) is 5.99. The van der Waals surface area contributed by atoms with Gasteiger partial charge in [0.25, 0.3) is 0 Å². The highest BCUT2D eigenvalue weighted by Gasteiger charge is 2.27. The Balaban J connectivity index is 2.24. The molecule has 1 aromatic heterocycles. The summed E-state index contributed by atoms with van der Waals surface area (Å²) in [6.45, 7) is 5.05. The van der Waals surface area contributed by atoms with Gasteiger partial charge in [0.1, 0.15) is 0 Å². The van der Waals surface area contributed by atoms with Gasteiger partial charge in [-0.05, 0) is 50.2 Å². The number of aryl methyl sites for hydroxylation is 1. The molecule has 0 aliphatic carbocycles. The number of hydrogen-bond acceptors (Lipinski definition) is 2. The zero-order valence-corrected chi connectivity index (χ0v) is 10.9. The predicted molar refractivity (Wildman–Crippen MR) is 70.9 cm³/mol. The smallest absolute Gasteiger partial charge is 0.178 e. The van der Waals surface area contributed by atoms with E-state index >= 15 is 0 Å². The summed E-state index contributed by atoms with van der Waals surface area (Å²) >= 11 is 5.44. The maximum atomic E-state index is 5.64. The van der Waals surface area contributed by atoms with E-state index in [0.29, 0.717) is 6.04 Å². The zero-order valence-electron chi connectivity index (χ0n) is 10.1. The molecule has 1 aliphatic heterocycles. The number of benzene rings is 1. The van der Waals surface area contributed by atoms with Gasteiger partial charge in [0.2, 0.25) is 0 Å². The van der Waals surface area contributed by atoms with Crippen molar-refractivity contribution >= 4 is 23.3 Å². The Morgan fingerprint density at radius 1 is 1.47 bits per heavy atom. The van der Waals surface area contributed by atoms with Crippen molar-refractivity contribution in [3.8, 4) is 0 Å². The lowest BCUT2D eigenvalue weighted by Gasteiger charge is -2.16. The second-order valence-electron chi connectivity index (χ2n) is 4.75. The van der Waals surface area contributed by atoms with Crippen LogP contribution in [0.3, 0.4) is 0 Å². The molecule has 4 heteroatoms. The Morgan fingerprint density at radius 3 is 3.00 bits per heavy atom. The Morgan fingerprint density at radius 2 is 2.29 bits per heavy atom. The van der Waals surface area contributed by atoms with Gasteiger partial charge < -0.3 is 14.3 Å². The quantitative estimate of drug-likeness (QED) is 0.784. The van der Waals surface area contributed by atoms with Gasteiger partial charge in [0.15, 0.2) is 4.77 Å². The molecule has 1 N–H and O–H groups in total. The van der Waals surface area contributed by atoms with E-state index in [-0.39, 0.29) is 6.10 Å². The van der Waals surface area contributed by atoms with Crippen molar-refractivity contribution in [3.05, 3.63) is 28.5 Å². The SMILES string of the molecule is Cc1ccc2[nH]c(=S)n(C3CCOC3C)c2c1. The maximum Gasteiger partial charge on any atom is 0.178 e. The van der Waals surface area contributed by atoms with Crippen LogP contribution in [0.25, 0.3) is 11.0 Å². The van der Waals surface area contributed by atoms with Crippen LogP contribution in [0.5, 0.6) is 0 Å². The highest BCUT2D eigenvalue weighted by molar-refractivity contribution is 7.71. The lowest BCUT2D eigenvalue weighted by molar-refractivity contribution is 0.108. The van der Waals surface area contributed by atoms with Crippen LogP contribution < -0.4 is 0 Å². The first-order valence-corrected chi connectivity index (χ1v) is 6.40. The van der Waals surface area contributed by atoms with Crippen molar-refractivity contribution < 1.29 is 4.74 Å². The number of ether oxygens (including phenoxy) is 1. The Labute approximate surface area is 105 Å².